The summed E-state index contributed by atoms with van der Waals surface area (Å²) in [5, 5.41) is 5.18. The quantitative estimate of drug-likeness (QED) is 0.892. The molecule has 5 rings (SSSR count). The number of nitrogens with one attached hydrogen (secondary N) is 1. The maximum atomic E-state index is 13.4. The predicted molar refractivity (Wildman–Crippen MR) is 99.2 cm³/mol. The Kier molecular flexibility index (Phi) is 3.72. The lowest BCUT2D eigenvalue weighted by Crippen LogP contribution is -2.39. The van der Waals surface area contributed by atoms with Crippen LogP contribution in [-0.2, 0) is 0 Å². The van der Waals surface area contributed by atoms with Crippen molar-refractivity contribution in [3.63, 3.8) is 0 Å². The van der Waals surface area contributed by atoms with Gasteiger partial charge in [0, 0.05) is 47.2 Å². The molecular weight excluding hydrogens is 334 g/mol. The van der Waals surface area contributed by atoms with Crippen molar-refractivity contribution in [2.45, 2.75) is 50.1 Å². The summed E-state index contributed by atoms with van der Waals surface area (Å²) in [6, 6.07) is 8.72. The Morgan fingerprint density at radius 3 is 2.80 bits per heavy atom. The number of pyridine rings is 1. The van der Waals surface area contributed by atoms with Crippen LogP contribution in [0.4, 0.5) is 0 Å². The van der Waals surface area contributed by atoms with Crippen LogP contribution < -0.4 is 5.32 Å². The van der Waals surface area contributed by atoms with Crippen LogP contribution in [0.2, 0.25) is 5.02 Å². The van der Waals surface area contributed by atoms with E-state index in [1.54, 1.807) is 0 Å². The first kappa shape index (κ1) is 15.6. The van der Waals surface area contributed by atoms with Crippen molar-refractivity contribution in [2.75, 3.05) is 13.1 Å². The molecule has 3 aliphatic rings. The van der Waals surface area contributed by atoms with Crippen molar-refractivity contribution in [1.29, 1.82) is 0 Å². The first-order chi connectivity index (χ1) is 12.2. The SMILES string of the molecule is O=C(c1cc(C2CC2)nc2ccc(Cl)cc12)N1CCC2CCC(C1)N2. The Balaban J connectivity index is 1.56. The lowest BCUT2D eigenvalue weighted by molar-refractivity contribution is 0.0750. The fourth-order valence-electron chi connectivity index (χ4n) is 4.28. The summed E-state index contributed by atoms with van der Waals surface area (Å²) in [6.45, 7) is 1.63. The molecule has 130 valence electrons. The summed E-state index contributed by atoms with van der Waals surface area (Å²) >= 11 is 6.21. The van der Waals surface area contributed by atoms with E-state index in [2.05, 4.69) is 5.32 Å². The minimum atomic E-state index is 0.130. The Morgan fingerprint density at radius 2 is 1.96 bits per heavy atom. The largest absolute Gasteiger partial charge is 0.337 e. The van der Waals surface area contributed by atoms with E-state index in [9.17, 15) is 4.79 Å². The third-order valence-corrected chi connectivity index (χ3v) is 6.06. The summed E-state index contributed by atoms with van der Waals surface area (Å²) < 4.78 is 0. The van der Waals surface area contributed by atoms with E-state index in [0.29, 0.717) is 23.0 Å². The van der Waals surface area contributed by atoms with Crippen molar-refractivity contribution in [3.8, 4) is 0 Å². The number of rotatable bonds is 2. The molecule has 0 spiro atoms. The summed E-state index contributed by atoms with van der Waals surface area (Å²) in [4.78, 5) is 20.2. The van der Waals surface area contributed by atoms with Gasteiger partial charge in [-0.15, -0.1) is 0 Å². The van der Waals surface area contributed by atoms with Crippen LogP contribution in [0.3, 0.4) is 0 Å². The average molecular weight is 356 g/mol. The van der Waals surface area contributed by atoms with Gasteiger partial charge in [-0.1, -0.05) is 11.6 Å². The second-order valence-electron chi connectivity index (χ2n) is 7.71. The number of carbonyl (C=O) groups excluding carboxylic acids is 1. The molecule has 0 radical (unpaired) electrons. The number of carbonyl (C=O) groups is 1. The van der Waals surface area contributed by atoms with Gasteiger partial charge in [0.15, 0.2) is 0 Å². The molecule has 1 aliphatic carbocycles. The topological polar surface area (TPSA) is 45.2 Å². The molecule has 1 aromatic carbocycles. The Labute approximate surface area is 152 Å². The van der Waals surface area contributed by atoms with Gasteiger partial charge in [0.05, 0.1) is 11.1 Å². The monoisotopic (exact) mass is 355 g/mol. The van der Waals surface area contributed by atoms with Gasteiger partial charge in [0.2, 0.25) is 0 Å². The molecule has 2 atom stereocenters. The number of nitrogens with zero attached hydrogens (tertiary/aromatic N) is 2. The van der Waals surface area contributed by atoms with Gasteiger partial charge in [0.25, 0.3) is 5.91 Å². The zero-order chi connectivity index (χ0) is 17.0. The molecule has 2 saturated heterocycles. The fraction of sp³-hybridized carbons (Fsp3) is 0.500. The number of likely N-dealkylation sites (tertiary alicyclic amines) is 1. The highest BCUT2D eigenvalue weighted by Gasteiger charge is 2.33. The lowest BCUT2D eigenvalue weighted by atomic mass is 10.0. The predicted octanol–water partition coefficient (Wildman–Crippen LogP) is 3.73. The van der Waals surface area contributed by atoms with Crippen LogP contribution in [0, 0.1) is 0 Å². The van der Waals surface area contributed by atoms with E-state index in [4.69, 9.17) is 16.6 Å². The van der Waals surface area contributed by atoms with Crippen molar-refractivity contribution in [3.05, 3.63) is 40.5 Å². The standard InChI is InChI=1S/C20H22ClN3O/c21-13-3-6-18-16(9-13)17(10-19(23-18)12-1-2-12)20(25)24-8-7-14-4-5-15(11-24)22-14/h3,6,9-10,12,14-15,22H,1-2,4-5,7-8,11H2. The van der Waals surface area contributed by atoms with Crippen LogP contribution >= 0.6 is 11.6 Å². The molecule has 1 N–H and O–H groups in total. The molecule has 1 saturated carbocycles. The number of benzene rings is 1. The Morgan fingerprint density at radius 1 is 1.12 bits per heavy atom. The second kappa shape index (κ2) is 5.96. The van der Waals surface area contributed by atoms with E-state index in [1.807, 2.05) is 29.2 Å². The van der Waals surface area contributed by atoms with Gasteiger partial charge < -0.3 is 10.2 Å². The molecule has 2 aromatic rings. The number of amides is 1. The smallest absolute Gasteiger partial charge is 0.254 e. The molecule has 3 fully saturated rings. The summed E-state index contributed by atoms with van der Waals surface area (Å²) in [5.41, 5.74) is 2.71. The van der Waals surface area contributed by atoms with Gasteiger partial charge in [-0.25, -0.2) is 0 Å². The van der Waals surface area contributed by atoms with Gasteiger partial charge in [-0.3, -0.25) is 9.78 Å². The normalized spacial score (nSPS) is 26.0. The summed E-state index contributed by atoms with van der Waals surface area (Å²) in [7, 11) is 0. The lowest BCUT2D eigenvalue weighted by Gasteiger charge is -2.25. The molecular formula is C20H22ClN3O. The molecule has 1 amide bonds. The number of halogens is 1. The van der Waals surface area contributed by atoms with Crippen LogP contribution in [-0.4, -0.2) is 41.0 Å². The molecule has 25 heavy (non-hydrogen) atoms. The van der Waals surface area contributed by atoms with Crippen LogP contribution in [0.1, 0.15) is 54.1 Å². The van der Waals surface area contributed by atoms with Crippen molar-refractivity contribution >= 4 is 28.4 Å². The van der Waals surface area contributed by atoms with Crippen LogP contribution in [0.15, 0.2) is 24.3 Å². The minimum absolute atomic E-state index is 0.130. The molecule has 4 nitrogen and oxygen atoms in total. The molecule has 2 bridgehead atoms. The molecule has 2 aliphatic heterocycles. The van der Waals surface area contributed by atoms with E-state index in [0.717, 1.165) is 41.7 Å². The Hall–Kier alpha value is -1.65. The number of fused-ring (bicyclic) bond motifs is 3. The number of aromatic nitrogens is 1. The molecule has 2 unspecified atom stereocenters. The van der Waals surface area contributed by atoms with E-state index in [1.165, 1.54) is 25.7 Å². The van der Waals surface area contributed by atoms with Crippen molar-refractivity contribution < 1.29 is 4.79 Å². The summed E-state index contributed by atoms with van der Waals surface area (Å²) in [6.07, 6.45) is 5.81. The maximum Gasteiger partial charge on any atom is 0.254 e. The van der Waals surface area contributed by atoms with Gasteiger partial charge in [-0.2, -0.15) is 0 Å². The highest BCUT2D eigenvalue weighted by molar-refractivity contribution is 6.31. The molecule has 5 heteroatoms. The van der Waals surface area contributed by atoms with Crippen molar-refractivity contribution in [2.24, 2.45) is 0 Å². The zero-order valence-electron chi connectivity index (χ0n) is 14.2. The Bertz CT molecular complexity index is 848. The molecule has 1 aromatic heterocycles. The highest BCUT2D eigenvalue weighted by atomic mass is 35.5. The number of hydrogen-bond donors (Lipinski definition) is 1. The van der Waals surface area contributed by atoms with E-state index in [-0.39, 0.29) is 5.91 Å². The third-order valence-electron chi connectivity index (χ3n) is 5.83. The minimum Gasteiger partial charge on any atom is -0.337 e. The first-order valence-electron chi connectivity index (χ1n) is 9.33. The molecule has 3 heterocycles. The van der Waals surface area contributed by atoms with E-state index >= 15 is 0 Å². The van der Waals surface area contributed by atoms with Crippen molar-refractivity contribution in [1.82, 2.24) is 15.2 Å². The fourth-order valence-corrected chi connectivity index (χ4v) is 4.45. The van der Waals surface area contributed by atoms with Gasteiger partial charge >= 0.3 is 0 Å². The zero-order valence-corrected chi connectivity index (χ0v) is 14.9. The third kappa shape index (κ3) is 2.91. The highest BCUT2D eigenvalue weighted by Crippen LogP contribution is 2.40. The average Bonchev–Trinajstić information content (AvgIpc) is 3.38. The van der Waals surface area contributed by atoms with Crippen LogP contribution in [0.25, 0.3) is 10.9 Å². The maximum absolute atomic E-state index is 13.4. The summed E-state index contributed by atoms with van der Waals surface area (Å²) in [5.74, 6) is 0.652. The first-order valence-corrected chi connectivity index (χ1v) is 9.71. The number of hydrogen-bond acceptors (Lipinski definition) is 3. The van der Waals surface area contributed by atoms with Gasteiger partial charge in [0.1, 0.15) is 0 Å². The second-order valence-corrected chi connectivity index (χ2v) is 8.14. The van der Waals surface area contributed by atoms with Crippen LogP contribution in [0.5, 0.6) is 0 Å². The van der Waals surface area contributed by atoms with E-state index < -0.39 is 0 Å². The van der Waals surface area contributed by atoms with Gasteiger partial charge in [-0.05, 0) is 56.4 Å².